The lowest BCUT2D eigenvalue weighted by Crippen LogP contribution is -2.44. The van der Waals surface area contributed by atoms with Gasteiger partial charge in [0.1, 0.15) is 11.8 Å². The van der Waals surface area contributed by atoms with Crippen LogP contribution in [0.5, 0.6) is 5.75 Å². The first-order valence-corrected chi connectivity index (χ1v) is 12.1. The number of amides is 2. The summed E-state index contributed by atoms with van der Waals surface area (Å²) in [7, 11) is 1.61. The number of methoxy groups -OCH3 is 1. The van der Waals surface area contributed by atoms with Crippen molar-refractivity contribution in [1.29, 1.82) is 0 Å². The minimum Gasteiger partial charge on any atom is -0.497 e. The number of ether oxygens (including phenoxy) is 1. The van der Waals surface area contributed by atoms with E-state index in [2.05, 4.69) is 10.3 Å². The molecule has 2 aromatic heterocycles. The smallest absolute Gasteiger partial charge is 0.248 e. The maximum absolute atomic E-state index is 13.7. The number of thiophene rings is 1. The van der Waals surface area contributed by atoms with E-state index in [0.717, 1.165) is 27.3 Å². The number of hydrogen-bond donors (Lipinski definition) is 1. The SMILES string of the molecule is COc1ccc(CNC(=O)[C@H](c2ccc(C)cc2)N(C(=O)Cc2cccs2)c2cccnc2)cc1. The molecule has 2 heterocycles. The molecule has 35 heavy (non-hydrogen) atoms. The van der Waals surface area contributed by atoms with Gasteiger partial charge in [-0.3, -0.25) is 19.5 Å². The Morgan fingerprint density at radius 1 is 1.03 bits per heavy atom. The number of aryl methyl sites for hydroxylation is 1. The lowest BCUT2D eigenvalue weighted by Gasteiger charge is -2.31. The molecular weight excluding hydrogens is 458 g/mol. The highest BCUT2D eigenvalue weighted by atomic mass is 32.1. The van der Waals surface area contributed by atoms with Gasteiger partial charge in [0, 0.05) is 17.6 Å². The third kappa shape index (κ3) is 6.13. The van der Waals surface area contributed by atoms with Crippen LogP contribution < -0.4 is 15.0 Å². The largest absolute Gasteiger partial charge is 0.497 e. The molecule has 178 valence electrons. The minimum absolute atomic E-state index is 0.175. The number of rotatable bonds is 9. The van der Waals surface area contributed by atoms with Crippen molar-refractivity contribution in [2.75, 3.05) is 12.0 Å². The van der Waals surface area contributed by atoms with Gasteiger partial charge >= 0.3 is 0 Å². The second kappa shape index (κ2) is 11.4. The van der Waals surface area contributed by atoms with E-state index in [4.69, 9.17) is 4.74 Å². The Hall–Kier alpha value is -3.97. The lowest BCUT2D eigenvalue weighted by molar-refractivity contribution is -0.126. The summed E-state index contributed by atoms with van der Waals surface area (Å²) >= 11 is 1.52. The number of carbonyl (C=O) groups excluding carboxylic acids is 2. The highest BCUT2D eigenvalue weighted by Crippen LogP contribution is 2.29. The van der Waals surface area contributed by atoms with Gasteiger partial charge in [-0.25, -0.2) is 0 Å². The van der Waals surface area contributed by atoms with E-state index in [1.165, 1.54) is 11.3 Å². The summed E-state index contributed by atoms with van der Waals surface area (Å²) in [5.74, 6) is 0.304. The van der Waals surface area contributed by atoms with Crippen LogP contribution in [0.15, 0.2) is 90.6 Å². The van der Waals surface area contributed by atoms with Gasteiger partial charge in [-0.2, -0.15) is 0 Å². The summed E-state index contributed by atoms with van der Waals surface area (Å²) in [5, 5.41) is 4.96. The Morgan fingerprint density at radius 3 is 2.43 bits per heavy atom. The molecule has 4 aromatic rings. The molecule has 0 aliphatic rings. The average molecular weight is 486 g/mol. The zero-order chi connectivity index (χ0) is 24.6. The molecule has 0 saturated carbocycles. The van der Waals surface area contributed by atoms with E-state index in [1.807, 2.05) is 73.0 Å². The topological polar surface area (TPSA) is 71.5 Å². The quantitative estimate of drug-likeness (QED) is 0.358. The van der Waals surface area contributed by atoms with Crippen LogP contribution in [0.1, 0.15) is 27.6 Å². The van der Waals surface area contributed by atoms with Crippen LogP contribution in [-0.4, -0.2) is 23.9 Å². The predicted octanol–water partition coefficient (Wildman–Crippen LogP) is 5.09. The van der Waals surface area contributed by atoms with Gasteiger partial charge in [0.15, 0.2) is 0 Å². The highest BCUT2D eigenvalue weighted by molar-refractivity contribution is 7.10. The normalized spacial score (nSPS) is 11.5. The molecule has 6 nitrogen and oxygen atoms in total. The molecule has 0 aliphatic carbocycles. The number of pyridine rings is 1. The van der Waals surface area contributed by atoms with Crippen molar-refractivity contribution in [3.05, 3.63) is 112 Å². The molecule has 0 unspecified atom stereocenters. The maximum atomic E-state index is 13.7. The molecule has 0 bridgehead atoms. The zero-order valence-electron chi connectivity index (χ0n) is 19.7. The zero-order valence-corrected chi connectivity index (χ0v) is 20.5. The molecule has 0 spiro atoms. The molecule has 0 aliphatic heterocycles. The highest BCUT2D eigenvalue weighted by Gasteiger charge is 2.33. The molecule has 0 radical (unpaired) electrons. The number of nitrogens with zero attached hydrogens (tertiary/aromatic N) is 2. The standard InChI is InChI=1S/C28H27N3O3S/c1-20-7-11-22(12-8-20)27(28(33)30-18-21-9-13-24(34-2)14-10-21)31(23-5-3-15-29-19-23)26(32)17-25-6-4-16-35-25/h3-16,19,27H,17-18H2,1-2H3,(H,30,33)/t27-/m0/s1. The van der Waals surface area contributed by atoms with Gasteiger partial charge < -0.3 is 10.1 Å². The second-order valence-corrected chi connectivity index (χ2v) is 9.14. The van der Waals surface area contributed by atoms with Crippen molar-refractivity contribution >= 4 is 28.8 Å². The molecule has 0 saturated heterocycles. The first kappa shape index (κ1) is 24.2. The summed E-state index contributed by atoms with van der Waals surface area (Å²) in [6, 6.07) is 21.8. The Morgan fingerprint density at radius 2 is 1.80 bits per heavy atom. The third-order valence-corrected chi connectivity index (χ3v) is 6.50. The lowest BCUT2D eigenvalue weighted by atomic mass is 10.0. The molecule has 4 rings (SSSR count). The second-order valence-electron chi connectivity index (χ2n) is 8.11. The van der Waals surface area contributed by atoms with Gasteiger partial charge in [-0.15, -0.1) is 11.3 Å². The number of carbonyl (C=O) groups is 2. The van der Waals surface area contributed by atoms with Crippen LogP contribution in [0, 0.1) is 6.92 Å². The molecule has 2 amide bonds. The number of benzene rings is 2. The van der Waals surface area contributed by atoms with Crippen molar-refractivity contribution in [2.24, 2.45) is 0 Å². The fourth-order valence-corrected chi connectivity index (χ4v) is 4.47. The van der Waals surface area contributed by atoms with E-state index in [0.29, 0.717) is 12.2 Å². The van der Waals surface area contributed by atoms with Crippen molar-refractivity contribution < 1.29 is 14.3 Å². The van der Waals surface area contributed by atoms with Gasteiger partial charge in [0.2, 0.25) is 11.8 Å². The number of nitrogens with one attached hydrogen (secondary N) is 1. The van der Waals surface area contributed by atoms with Gasteiger partial charge in [0.05, 0.1) is 25.4 Å². The Balaban J connectivity index is 1.67. The molecule has 0 fully saturated rings. The summed E-state index contributed by atoms with van der Waals surface area (Å²) in [5.41, 5.74) is 3.30. The van der Waals surface area contributed by atoms with Crippen LogP contribution in [-0.2, 0) is 22.6 Å². The van der Waals surface area contributed by atoms with E-state index >= 15 is 0 Å². The fourth-order valence-electron chi connectivity index (χ4n) is 3.78. The molecule has 1 N–H and O–H groups in total. The van der Waals surface area contributed by atoms with Crippen molar-refractivity contribution in [3.63, 3.8) is 0 Å². The Bertz CT molecular complexity index is 1240. The summed E-state index contributed by atoms with van der Waals surface area (Å²) < 4.78 is 5.21. The molecule has 2 aromatic carbocycles. The van der Waals surface area contributed by atoms with E-state index in [-0.39, 0.29) is 18.2 Å². The Kier molecular flexibility index (Phi) is 7.90. The number of anilines is 1. The molecule has 1 atom stereocenters. The van der Waals surface area contributed by atoms with E-state index < -0.39 is 6.04 Å². The van der Waals surface area contributed by atoms with Gasteiger partial charge in [-0.05, 0) is 53.8 Å². The van der Waals surface area contributed by atoms with Crippen molar-refractivity contribution in [2.45, 2.75) is 25.9 Å². The third-order valence-electron chi connectivity index (χ3n) is 5.62. The van der Waals surface area contributed by atoms with Crippen LogP contribution >= 0.6 is 11.3 Å². The molecule has 7 heteroatoms. The van der Waals surface area contributed by atoms with Crippen LogP contribution in [0.25, 0.3) is 0 Å². The maximum Gasteiger partial charge on any atom is 0.248 e. The summed E-state index contributed by atoms with van der Waals surface area (Å²) in [6.45, 7) is 2.31. The Labute approximate surface area is 209 Å². The van der Waals surface area contributed by atoms with Gasteiger partial charge in [0.25, 0.3) is 0 Å². The average Bonchev–Trinajstić information content (AvgIpc) is 3.40. The van der Waals surface area contributed by atoms with Crippen molar-refractivity contribution in [3.8, 4) is 5.75 Å². The minimum atomic E-state index is -0.856. The van der Waals surface area contributed by atoms with Crippen LogP contribution in [0.2, 0.25) is 0 Å². The van der Waals surface area contributed by atoms with Crippen LogP contribution in [0.4, 0.5) is 5.69 Å². The first-order valence-electron chi connectivity index (χ1n) is 11.3. The van der Waals surface area contributed by atoms with E-state index in [9.17, 15) is 9.59 Å². The summed E-state index contributed by atoms with van der Waals surface area (Å²) in [6.07, 6.45) is 3.46. The van der Waals surface area contributed by atoms with Gasteiger partial charge in [-0.1, -0.05) is 48.0 Å². The fraction of sp³-hybridized carbons (Fsp3) is 0.179. The van der Waals surface area contributed by atoms with Crippen molar-refractivity contribution in [1.82, 2.24) is 10.3 Å². The predicted molar refractivity (Wildman–Crippen MR) is 139 cm³/mol. The summed E-state index contributed by atoms with van der Waals surface area (Å²) in [4.78, 5) is 34.1. The first-order chi connectivity index (χ1) is 17.0. The monoisotopic (exact) mass is 485 g/mol. The van der Waals surface area contributed by atoms with Crippen LogP contribution in [0.3, 0.4) is 0 Å². The number of hydrogen-bond acceptors (Lipinski definition) is 5. The van der Waals surface area contributed by atoms with E-state index in [1.54, 1.807) is 36.5 Å². The number of aromatic nitrogens is 1. The molecular formula is C28H27N3O3S.